The van der Waals surface area contributed by atoms with Crippen LogP contribution in [0.4, 0.5) is 5.69 Å². The van der Waals surface area contributed by atoms with Crippen LogP contribution in [0.25, 0.3) is 10.8 Å². The molecule has 1 aliphatic rings. The van der Waals surface area contributed by atoms with Crippen LogP contribution in [-0.2, 0) is 16.1 Å². The Morgan fingerprint density at radius 2 is 1.90 bits per heavy atom. The molecule has 0 unspecified atom stereocenters. The monoisotopic (exact) mass is 409 g/mol. The molecule has 3 aromatic rings. The molecule has 0 radical (unpaired) electrons. The summed E-state index contributed by atoms with van der Waals surface area (Å²) in [4.78, 5) is 37.3. The van der Waals surface area contributed by atoms with E-state index in [0.717, 1.165) is 0 Å². The fourth-order valence-electron chi connectivity index (χ4n) is 3.12. The van der Waals surface area contributed by atoms with E-state index in [1.54, 1.807) is 42.5 Å². The molecule has 1 N–H and O–H groups in total. The summed E-state index contributed by atoms with van der Waals surface area (Å²) in [6.07, 6.45) is 0.678. The molecule has 2 heterocycles. The van der Waals surface area contributed by atoms with Crippen LogP contribution in [0.3, 0.4) is 0 Å². The Kier molecular flexibility index (Phi) is 5.34. The van der Waals surface area contributed by atoms with Crippen LogP contribution in [0.5, 0.6) is 11.5 Å². The summed E-state index contributed by atoms with van der Waals surface area (Å²) in [6, 6.07) is 11.6. The number of carbonyl (C=O) groups is 2. The van der Waals surface area contributed by atoms with Crippen molar-refractivity contribution in [3.63, 3.8) is 0 Å². The van der Waals surface area contributed by atoms with Gasteiger partial charge in [-0.3, -0.25) is 9.59 Å². The van der Waals surface area contributed by atoms with Crippen molar-refractivity contribution in [2.45, 2.75) is 19.9 Å². The predicted molar refractivity (Wildman–Crippen MR) is 108 cm³/mol. The normalized spacial score (nSPS) is 12.0. The zero-order valence-corrected chi connectivity index (χ0v) is 16.2. The lowest BCUT2D eigenvalue weighted by atomic mass is 10.1. The number of hydrogen-bond donors (Lipinski definition) is 1. The Bertz CT molecular complexity index is 1190. The molecular weight excluding hydrogens is 390 g/mol. The third kappa shape index (κ3) is 3.82. The van der Waals surface area contributed by atoms with E-state index < -0.39 is 18.5 Å². The second-order valence-electron chi connectivity index (χ2n) is 6.61. The highest BCUT2D eigenvalue weighted by molar-refractivity contribution is 6.03. The summed E-state index contributed by atoms with van der Waals surface area (Å²) in [5, 5.41) is 7.55. The SMILES string of the molecule is CCCn1nc(C(=O)OCC(=O)Nc2ccc3c(c2)OCO3)c2ccccc2c1=O. The standard InChI is InChI=1S/C21H19N3O6/c1-2-9-24-20(26)15-6-4-3-5-14(15)19(23-24)21(27)28-11-18(25)22-13-7-8-16-17(10-13)30-12-29-16/h3-8,10H,2,9,11-12H2,1H3,(H,22,25). The molecule has 4 rings (SSSR count). The second-order valence-corrected chi connectivity index (χ2v) is 6.61. The van der Waals surface area contributed by atoms with Gasteiger partial charge < -0.3 is 19.5 Å². The number of rotatable bonds is 6. The Morgan fingerprint density at radius 1 is 1.13 bits per heavy atom. The number of benzene rings is 2. The van der Waals surface area contributed by atoms with Crippen molar-refractivity contribution in [3.8, 4) is 11.5 Å². The topological polar surface area (TPSA) is 109 Å². The predicted octanol–water partition coefficient (Wildman–Crippen LogP) is 2.33. The third-order valence-corrected chi connectivity index (χ3v) is 4.49. The molecule has 0 bridgehead atoms. The molecule has 154 valence electrons. The highest BCUT2D eigenvalue weighted by Gasteiger charge is 2.19. The van der Waals surface area contributed by atoms with Gasteiger partial charge in [0.25, 0.3) is 11.5 Å². The lowest BCUT2D eigenvalue weighted by Crippen LogP contribution is -2.27. The van der Waals surface area contributed by atoms with Crippen LogP contribution in [0.15, 0.2) is 47.3 Å². The van der Waals surface area contributed by atoms with Crippen molar-refractivity contribution in [2.24, 2.45) is 0 Å². The Labute approximate surface area is 171 Å². The number of esters is 1. The summed E-state index contributed by atoms with van der Waals surface area (Å²) >= 11 is 0. The van der Waals surface area contributed by atoms with E-state index in [0.29, 0.717) is 40.9 Å². The van der Waals surface area contributed by atoms with E-state index in [4.69, 9.17) is 14.2 Å². The van der Waals surface area contributed by atoms with Crippen molar-refractivity contribution in [1.29, 1.82) is 0 Å². The number of aromatic nitrogens is 2. The number of carbonyl (C=O) groups excluding carboxylic acids is 2. The fraction of sp³-hybridized carbons (Fsp3) is 0.238. The van der Waals surface area contributed by atoms with E-state index in [1.807, 2.05) is 6.92 Å². The molecule has 2 aromatic carbocycles. The first-order chi connectivity index (χ1) is 14.6. The van der Waals surface area contributed by atoms with Crippen LogP contribution in [0.1, 0.15) is 23.8 Å². The van der Waals surface area contributed by atoms with Gasteiger partial charge in [0.05, 0.1) is 5.39 Å². The van der Waals surface area contributed by atoms with Gasteiger partial charge in [-0.05, 0) is 24.6 Å². The van der Waals surface area contributed by atoms with Crippen molar-refractivity contribution in [1.82, 2.24) is 9.78 Å². The average molecular weight is 409 g/mol. The Hall–Kier alpha value is -3.88. The van der Waals surface area contributed by atoms with Crippen LogP contribution < -0.4 is 20.3 Å². The van der Waals surface area contributed by atoms with E-state index in [-0.39, 0.29) is 18.0 Å². The molecule has 1 amide bonds. The quantitative estimate of drug-likeness (QED) is 0.623. The molecule has 0 atom stereocenters. The van der Waals surface area contributed by atoms with E-state index in [9.17, 15) is 14.4 Å². The zero-order chi connectivity index (χ0) is 21.1. The minimum Gasteiger partial charge on any atom is -0.454 e. The number of fused-ring (bicyclic) bond motifs is 2. The Morgan fingerprint density at radius 3 is 2.70 bits per heavy atom. The molecule has 0 spiro atoms. The lowest BCUT2D eigenvalue weighted by molar-refractivity contribution is -0.119. The highest BCUT2D eigenvalue weighted by atomic mass is 16.7. The Balaban J connectivity index is 1.48. The molecule has 1 aliphatic heterocycles. The van der Waals surface area contributed by atoms with Gasteiger partial charge in [-0.15, -0.1) is 0 Å². The number of ether oxygens (including phenoxy) is 3. The number of aryl methyl sites for hydroxylation is 1. The van der Waals surface area contributed by atoms with Crippen LogP contribution in [-0.4, -0.2) is 35.1 Å². The van der Waals surface area contributed by atoms with Gasteiger partial charge in [0.15, 0.2) is 23.8 Å². The van der Waals surface area contributed by atoms with Gasteiger partial charge in [0.2, 0.25) is 6.79 Å². The van der Waals surface area contributed by atoms with Gasteiger partial charge >= 0.3 is 5.97 Å². The first-order valence-corrected chi connectivity index (χ1v) is 9.43. The van der Waals surface area contributed by atoms with Crippen LogP contribution in [0, 0.1) is 0 Å². The number of nitrogens with one attached hydrogen (secondary N) is 1. The summed E-state index contributed by atoms with van der Waals surface area (Å²) in [7, 11) is 0. The van der Waals surface area contributed by atoms with E-state index in [2.05, 4.69) is 10.4 Å². The molecule has 9 nitrogen and oxygen atoms in total. The first kappa shape index (κ1) is 19.4. The maximum Gasteiger partial charge on any atom is 0.359 e. The van der Waals surface area contributed by atoms with Crippen molar-refractivity contribution >= 4 is 28.3 Å². The number of amides is 1. The molecule has 9 heteroatoms. The molecule has 1 aromatic heterocycles. The first-order valence-electron chi connectivity index (χ1n) is 9.43. The largest absolute Gasteiger partial charge is 0.454 e. The second kappa shape index (κ2) is 8.24. The summed E-state index contributed by atoms with van der Waals surface area (Å²) in [5.41, 5.74) is 0.208. The molecule has 0 aliphatic carbocycles. The molecule has 0 saturated carbocycles. The lowest BCUT2D eigenvalue weighted by Gasteiger charge is -2.10. The summed E-state index contributed by atoms with van der Waals surface area (Å²) in [6.45, 7) is 1.90. The van der Waals surface area contributed by atoms with Crippen molar-refractivity contribution in [3.05, 3.63) is 58.5 Å². The highest BCUT2D eigenvalue weighted by Crippen LogP contribution is 2.34. The van der Waals surface area contributed by atoms with E-state index in [1.165, 1.54) is 4.68 Å². The van der Waals surface area contributed by atoms with Gasteiger partial charge in [-0.1, -0.05) is 25.1 Å². The number of anilines is 1. The molecule has 30 heavy (non-hydrogen) atoms. The third-order valence-electron chi connectivity index (χ3n) is 4.49. The summed E-state index contributed by atoms with van der Waals surface area (Å²) in [5.74, 6) is -0.177. The maximum atomic E-state index is 12.6. The number of hydrogen-bond acceptors (Lipinski definition) is 7. The fourth-order valence-corrected chi connectivity index (χ4v) is 3.12. The van der Waals surface area contributed by atoms with Gasteiger partial charge in [0, 0.05) is 23.7 Å². The maximum absolute atomic E-state index is 12.6. The molecule has 0 saturated heterocycles. The molecule has 0 fully saturated rings. The summed E-state index contributed by atoms with van der Waals surface area (Å²) < 4.78 is 16.9. The van der Waals surface area contributed by atoms with Crippen LogP contribution >= 0.6 is 0 Å². The average Bonchev–Trinajstić information content (AvgIpc) is 3.22. The van der Waals surface area contributed by atoms with Crippen LogP contribution in [0.2, 0.25) is 0 Å². The van der Waals surface area contributed by atoms with E-state index >= 15 is 0 Å². The molecular formula is C21H19N3O6. The smallest absolute Gasteiger partial charge is 0.359 e. The van der Waals surface area contributed by atoms with Gasteiger partial charge in [-0.2, -0.15) is 5.10 Å². The minimum absolute atomic E-state index is 0.00507. The minimum atomic E-state index is -0.781. The van der Waals surface area contributed by atoms with Gasteiger partial charge in [0.1, 0.15) is 0 Å². The van der Waals surface area contributed by atoms with Crippen molar-refractivity contribution in [2.75, 3.05) is 18.7 Å². The van der Waals surface area contributed by atoms with Crippen molar-refractivity contribution < 1.29 is 23.8 Å². The number of nitrogens with zero attached hydrogens (tertiary/aromatic N) is 2. The zero-order valence-electron chi connectivity index (χ0n) is 16.2. The van der Waals surface area contributed by atoms with Gasteiger partial charge in [-0.25, -0.2) is 9.48 Å².